The number of methoxy groups -OCH3 is 1. The van der Waals surface area contributed by atoms with Gasteiger partial charge in [0.15, 0.2) is 15.2 Å². The van der Waals surface area contributed by atoms with Gasteiger partial charge in [0.1, 0.15) is 9.84 Å². The number of carbonyl (C=O) groups excluding carboxylic acids is 1. The van der Waals surface area contributed by atoms with Crippen molar-refractivity contribution in [1.82, 2.24) is 4.98 Å². The molecule has 0 saturated carbocycles. The van der Waals surface area contributed by atoms with Gasteiger partial charge < -0.3 is 10.1 Å². The van der Waals surface area contributed by atoms with Crippen LogP contribution in [0.2, 0.25) is 5.15 Å². The molecule has 9 heteroatoms. The molecule has 0 amide bonds. The summed E-state index contributed by atoms with van der Waals surface area (Å²) in [6, 6.07) is 0. The number of nitrogens with zero attached hydrogens (tertiary/aromatic N) is 1. The Morgan fingerprint density at radius 1 is 1.56 bits per heavy atom. The third-order valence-electron chi connectivity index (χ3n) is 1.92. The summed E-state index contributed by atoms with van der Waals surface area (Å²) in [5.74, 6) is -0.440. The lowest BCUT2D eigenvalue weighted by atomic mass is 10.5. The van der Waals surface area contributed by atoms with E-state index < -0.39 is 15.8 Å². The molecule has 0 spiro atoms. The quantitative estimate of drug-likeness (QED) is 0.632. The van der Waals surface area contributed by atoms with Crippen molar-refractivity contribution in [2.75, 3.05) is 31.0 Å². The normalized spacial score (nSPS) is 11.3. The van der Waals surface area contributed by atoms with E-state index in [0.717, 1.165) is 11.3 Å². The first-order valence-corrected chi connectivity index (χ1v) is 8.25. The third kappa shape index (κ3) is 4.79. The minimum absolute atomic E-state index is 0.0810. The van der Waals surface area contributed by atoms with Crippen molar-refractivity contribution >= 4 is 43.9 Å². The van der Waals surface area contributed by atoms with Gasteiger partial charge in [-0.05, 0) is 6.42 Å². The number of esters is 1. The van der Waals surface area contributed by atoms with Crippen LogP contribution in [0.5, 0.6) is 0 Å². The van der Waals surface area contributed by atoms with Crippen molar-refractivity contribution in [3.8, 4) is 0 Å². The summed E-state index contributed by atoms with van der Waals surface area (Å²) >= 11 is 6.84. The second-order valence-electron chi connectivity index (χ2n) is 3.54. The number of aromatic nitrogens is 1. The van der Waals surface area contributed by atoms with Crippen LogP contribution >= 0.6 is 22.9 Å². The summed E-state index contributed by atoms with van der Waals surface area (Å²) in [5.41, 5.74) is 0. The van der Waals surface area contributed by atoms with Gasteiger partial charge in [-0.15, -0.1) is 0 Å². The van der Waals surface area contributed by atoms with Crippen LogP contribution in [0, 0.1) is 0 Å². The minimum Gasteiger partial charge on any atom is -0.465 e. The molecule has 1 heterocycles. The van der Waals surface area contributed by atoms with Crippen LogP contribution in [0.25, 0.3) is 0 Å². The lowest BCUT2D eigenvalue weighted by molar-refractivity contribution is 0.0606. The van der Waals surface area contributed by atoms with E-state index in [1.807, 2.05) is 0 Å². The topological polar surface area (TPSA) is 85.4 Å². The van der Waals surface area contributed by atoms with Gasteiger partial charge in [-0.1, -0.05) is 22.9 Å². The fraction of sp³-hybridized carbons (Fsp3) is 0.556. The van der Waals surface area contributed by atoms with Crippen molar-refractivity contribution in [1.29, 1.82) is 0 Å². The molecule has 0 atom stereocenters. The maximum atomic E-state index is 11.3. The lowest BCUT2D eigenvalue weighted by Gasteiger charge is -2.00. The molecule has 0 aliphatic carbocycles. The van der Waals surface area contributed by atoms with E-state index in [2.05, 4.69) is 15.0 Å². The second kappa shape index (κ2) is 6.35. The van der Waals surface area contributed by atoms with Crippen LogP contribution in [-0.4, -0.2) is 45.0 Å². The van der Waals surface area contributed by atoms with Gasteiger partial charge in [-0.3, -0.25) is 0 Å². The summed E-state index contributed by atoms with van der Waals surface area (Å²) in [6.45, 7) is 0.442. The molecule has 0 unspecified atom stereocenters. The molecule has 0 radical (unpaired) electrons. The van der Waals surface area contributed by atoms with Crippen LogP contribution in [0.1, 0.15) is 16.1 Å². The summed E-state index contributed by atoms with van der Waals surface area (Å²) < 4.78 is 26.4. The molecule has 0 aliphatic heterocycles. The molecule has 1 aromatic heterocycles. The number of rotatable bonds is 6. The van der Waals surface area contributed by atoms with Crippen molar-refractivity contribution in [3.05, 3.63) is 10.0 Å². The molecule has 0 bridgehead atoms. The Morgan fingerprint density at radius 3 is 2.78 bits per heavy atom. The Morgan fingerprint density at radius 2 is 2.22 bits per heavy atom. The number of anilines is 1. The molecule has 102 valence electrons. The number of halogens is 1. The van der Waals surface area contributed by atoms with Crippen molar-refractivity contribution in [2.24, 2.45) is 0 Å². The van der Waals surface area contributed by atoms with Gasteiger partial charge in [0, 0.05) is 12.8 Å². The Kier molecular flexibility index (Phi) is 5.36. The fourth-order valence-corrected chi connectivity index (χ4v) is 2.92. The molecular weight excluding hydrogens is 300 g/mol. The minimum atomic E-state index is -2.96. The molecule has 0 saturated heterocycles. The number of sulfone groups is 1. The second-order valence-corrected chi connectivity index (χ2v) is 7.16. The summed E-state index contributed by atoms with van der Waals surface area (Å²) in [6.07, 6.45) is 1.65. The van der Waals surface area contributed by atoms with Gasteiger partial charge >= 0.3 is 5.97 Å². The van der Waals surface area contributed by atoms with Crippen LogP contribution in [0.15, 0.2) is 0 Å². The number of carbonyl (C=O) groups is 1. The van der Waals surface area contributed by atoms with Crippen molar-refractivity contribution in [3.63, 3.8) is 0 Å². The summed E-state index contributed by atoms with van der Waals surface area (Å²) in [7, 11) is -1.69. The highest BCUT2D eigenvalue weighted by atomic mass is 35.5. The lowest BCUT2D eigenvalue weighted by Crippen LogP contribution is -2.09. The van der Waals surface area contributed by atoms with E-state index in [-0.39, 0.29) is 15.8 Å². The van der Waals surface area contributed by atoms with Crippen LogP contribution < -0.4 is 5.32 Å². The molecular formula is C9H13ClN2O4S2. The Balaban J connectivity index is 2.51. The van der Waals surface area contributed by atoms with Gasteiger partial charge in [0.2, 0.25) is 0 Å². The number of ether oxygens (including phenoxy) is 1. The van der Waals surface area contributed by atoms with E-state index in [4.69, 9.17) is 11.6 Å². The monoisotopic (exact) mass is 312 g/mol. The maximum Gasteiger partial charge on any atom is 0.351 e. The largest absolute Gasteiger partial charge is 0.465 e. The molecule has 1 rings (SSSR count). The van der Waals surface area contributed by atoms with Crippen molar-refractivity contribution in [2.45, 2.75) is 6.42 Å². The number of thiazole rings is 1. The average molecular weight is 313 g/mol. The first kappa shape index (κ1) is 15.2. The molecule has 1 aromatic rings. The van der Waals surface area contributed by atoms with E-state index in [0.29, 0.717) is 18.1 Å². The van der Waals surface area contributed by atoms with Gasteiger partial charge in [-0.25, -0.2) is 18.2 Å². The predicted molar refractivity (Wildman–Crippen MR) is 71.3 cm³/mol. The SMILES string of the molecule is COC(=O)c1sc(NCCCS(C)(=O)=O)nc1Cl. The van der Waals surface area contributed by atoms with Crippen LogP contribution in [-0.2, 0) is 14.6 Å². The van der Waals surface area contributed by atoms with Crippen LogP contribution in [0.3, 0.4) is 0 Å². The Bertz CT molecular complexity index is 527. The first-order chi connectivity index (χ1) is 8.33. The summed E-state index contributed by atoms with van der Waals surface area (Å²) in [5, 5.41) is 3.46. The number of hydrogen-bond acceptors (Lipinski definition) is 7. The molecule has 6 nitrogen and oxygen atoms in total. The molecule has 0 fully saturated rings. The molecule has 0 aliphatic rings. The highest BCUT2D eigenvalue weighted by Gasteiger charge is 2.16. The van der Waals surface area contributed by atoms with Crippen molar-refractivity contribution < 1.29 is 17.9 Å². The van der Waals surface area contributed by atoms with E-state index in [1.54, 1.807) is 0 Å². The zero-order valence-corrected chi connectivity index (χ0v) is 12.3. The third-order valence-corrected chi connectivity index (χ3v) is 4.33. The fourth-order valence-electron chi connectivity index (χ4n) is 1.13. The summed E-state index contributed by atoms with van der Waals surface area (Å²) in [4.78, 5) is 15.4. The highest BCUT2D eigenvalue weighted by Crippen LogP contribution is 2.27. The predicted octanol–water partition coefficient (Wildman–Crippen LogP) is 1.43. The highest BCUT2D eigenvalue weighted by molar-refractivity contribution is 7.90. The zero-order valence-electron chi connectivity index (χ0n) is 9.90. The Labute approximate surface area is 114 Å². The maximum absolute atomic E-state index is 11.3. The Hall–Kier alpha value is -0.860. The van der Waals surface area contributed by atoms with Gasteiger partial charge in [0.25, 0.3) is 0 Å². The van der Waals surface area contributed by atoms with E-state index >= 15 is 0 Å². The smallest absolute Gasteiger partial charge is 0.351 e. The first-order valence-electron chi connectivity index (χ1n) is 4.99. The standard InChI is InChI=1S/C9H13ClN2O4S2/c1-16-8(13)6-7(10)12-9(17-6)11-4-3-5-18(2,14)15/h3-5H2,1-2H3,(H,11,12). The van der Waals surface area contributed by atoms with Gasteiger partial charge in [0.05, 0.1) is 12.9 Å². The molecule has 1 N–H and O–H groups in total. The average Bonchev–Trinajstić information content (AvgIpc) is 2.64. The number of hydrogen-bond donors (Lipinski definition) is 1. The van der Waals surface area contributed by atoms with E-state index in [1.165, 1.54) is 13.4 Å². The van der Waals surface area contributed by atoms with Crippen LogP contribution in [0.4, 0.5) is 5.13 Å². The zero-order chi connectivity index (χ0) is 13.8. The molecule has 0 aromatic carbocycles. The number of nitrogens with one attached hydrogen (secondary N) is 1. The van der Waals surface area contributed by atoms with Gasteiger partial charge in [-0.2, -0.15) is 0 Å². The van der Waals surface area contributed by atoms with E-state index in [9.17, 15) is 13.2 Å². The molecule has 18 heavy (non-hydrogen) atoms.